The third-order valence-corrected chi connectivity index (χ3v) is 4.67. The molecule has 0 saturated heterocycles. The molecule has 0 saturated carbocycles. The highest BCUT2D eigenvalue weighted by Crippen LogP contribution is 2.31. The topological polar surface area (TPSA) is 81.8 Å². The van der Waals surface area contributed by atoms with Crippen LogP contribution in [0.2, 0.25) is 5.15 Å². The summed E-state index contributed by atoms with van der Waals surface area (Å²) in [6.45, 7) is 0. The van der Waals surface area contributed by atoms with Crippen LogP contribution >= 0.6 is 23.4 Å². The fraction of sp³-hybridized carbons (Fsp3) is 0.267. The van der Waals surface area contributed by atoms with Crippen LogP contribution in [0.3, 0.4) is 0 Å². The summed E-state index contributed by atoms with van der Waals surface area (Å²) in [5, 5.41) is 13.0. The molecule has 25 heavy (non-hydrogen) atoms. The Hall–Kier alpha value is -2.39. The van der Waals surface area contributed by atoms with E-state index in [9.17, 15) is 0 Å². The maximum Gasteiger partial charge on any atom is 0.214 e. The van der Waals surface area contributed by atoms with Crippen molar-refractivity contribution in [1.29, 1.82) is 0 Å². The third kappa shape index (κ3) is 3.67. The van der Waals surface area contributed by atoms with Crippen LogP contribution in [-0.4, -0.2) is 51.4 Å². The van der Waals surface area contributed by atoms with Crippen LogP contribution in [0.15, 0.2) is 35.7 Å². The predicted octanol–water partition coefficient (Wildman–Crippen LogP) is 2.47. The van der Waals surface area contributed by atoms with Crippen LogP contribution in [0.4, 0.5) is 5.82 Å². The summed E-state index contributed by atoms with van der Waals surface area (Å²) in [5.41, 5.74) is 1.59. The second kappa shape index (κ2) is 7.66. The zero-order valence-corrected chi connectivity index (χ0v) is 15.5. The molecule has 0 aliphatic rings. The third-order valence-electron chi connectivity index (χ3n) is 3.39. The van der Waals surface area contributed by atoms with E-state index in [0.29, 0.717) is 21.8 Å². The predicted molar refractivity (Wildman–Crippen MR) is 96.6 cm³/mol. The summed E-state index contributed by atoms with van der Waals surface area (Å²) in [6, 6.07) is 7.55. The summed E-state index contributed by atoms with van der Waals surface area (Å²) in [5.74, 6) is 1.98. The van der Waals surface area contributed by atoms with Gasteiger partial charge in [0, 0.05) is 25.4 Å². The first-order valence-electron chi connectivity index (χ1n) is 7.33. The molecule has 0 bridgehead atoms. The number of rotatable bonds is 6. The van der Waals surface area contributed by atoms with Crippen LogP contribution in [0.25, 0.3) is 5.69 Å². The average Bonchev–Trinajstić information content (AvgIpc) is 3.08. The first kappa shape index (κ1) is 17.4. The van der Waals surface area contributed by atoms with E-state index in [2.05, 4.69) is 25.5 Å². The Morgan fingerprint density at radius 3 is 2.80 bits per heavy atom. The maximum atomic E-state index is 6.25. The van der Waals surface area contributed by atoms with E-state index in [0.717, 1.165) is 17.1 Å². The van der Waals surface area contributed by atoms with Crippen molar-refractivity contribution in [2.24, 2.45) is 0 Å². The molecule has 0 spiro atoms. The average molecular weight is 378 g/mol. The number of benzene rings is 1. The fourth-order valence-electron chi connectivity index (χ4n) is 2.25. The largest absolute Gasteiger partial charge is 0.494 e. The van der Waals surface area contributed by atoms with Gasteiger partial charge in [-0.05, 0) is 22.6 Å². The fourth-order valence-corrected chi connectivity index (χ4v) is 3.42. The number of hydrogen-bond acceptors (Lipinski definition) is 8. The number of nitrogens with zero attached hydrogens (tertiary/aromatic N) is 7. The lowest BCUT2D eigenvalue weighted by atomic mass is 10.3. The summed E-state index contributed by atoms with van der Waals surface area (Å²) < 4.78 is 7.02. The van der Waals surface area contributed by atoms with Crippen LogP contribution in [-0.2, 0) is 5.75 Å². The molecule has 0 radical (unpaired) electrons. The monoisotopic (exact) mass is 377 g/mol. The van der Waals surface area contributed by atoms with Crippen LogP contribution in [0.5, 0.6) is 5.75 Å². The van der Waals surface area contributed by atoms with E-state index in [1.54, 1.807) is 11.8 Å². The van der Waals surface area contributed by atoms with E-state index in [1.165, 1.54) is 18.1 Å². The number of ether oxygens (including phenoxy) is 1. The minimum Gasteiger partial charge on any atom is -0.494 e. The van der Waals surface area contributed by atoms with Gasteiger partial charge in [0.15, 0.2) is 0 Å². The molecule has 0 fully saturated rings. The van der Waals surface area contributed by atoms with Gasteiger partial charge < -0.3 is 9.64 Å². The number of tetrazole rings is 1. The van der Waals surface area contributed by atoms with E-state index in [4.69, 9.17) is 16.3 Å². The summed E-state index contributed by atoms with van der Waals surface area (Å²) >= 11 is 7.70. The van der Waals surface area contributed by atoms with Gasteiger partial charge in [-0.3, -0.25) is 0 Å². The molecule has 0 atom stereocenters. The summed E-state index contributed by atoms with van der Waals surface area (Å²) in [6.07, 6.45) is 1.45. The second-order valence-electron chi connectivity index (χ2n) is 5.19. The van der Waals surface area contributed by atoms with Crippen molar-refractivity contribution in [3.8, 4) is 11.4 Å². The van der Waals surface area contributed by atoms with Crippen molar-refractivity contribution in [2.75, 3.05) is 26.1 Å². The molecule has 2 heterocycles. The highest BCUT2D eigenvalue weighted by Gasteiger charge is 2.17. The standard InChI is InChI=1S/C15H16ClN7OS/c1-22(2)14-10(13(16)17-9-18-14)8-25-15-19-20-21-23(15)11-6-4-5-7-12(11)24-3/h4-7,9H,8H2,1-3H3. The Balaban J connectivity index is 1.89. The van der Waals surface area contributed by atoms with E-state index in [-0.39, 0.29) is 0 Å². The maximum absolute atomic E-state index is 6.25. The lowest BCUT2D eigenvalue weighted by Crippen LogP contribution is -2.14. The smallest absolute Gasteiger partial charge is 0.214 e. The summed E-state index contributed by atoms with van der Waals surface area (Å²) in [7, 11) is 5.43. The number of methoxy groups -OCH3 is 1. The SMILES string of the molecule is COc1ccccc1-n1nnnc1SCc1c(Cl)ncnc1N(C)C. The van der Waals surface area contributed by atoms with Gasteiger partial charge in [0.05, 0.1) is 7.11 Å². The molecule has 0 aliphatic carbocycles. The first-order chi connectivity index (χ1) is 12.1. The van der Waals surface area contributed by atoms with Gasteiger partial charge in [0.1, 0.15) is 28.7 Å². The highest BCUT2D eigenvalue weighted by atomic mass is 35.5. The van der Waals surface area contributed by atoms with Crippen LogP contribution in [0, 0.1) is 0 Å². The van der Waals surface area contributed by atoms with Crippen molar-refractivity contribution < 1.29 is 4.74 Å². The molecule has 2 aromatic heterocycles. The lowest BCUT2D eigenvalue weighted by molar-refractivity contribution is 0.410. The van der Waals surface area contributed by atoms with Gasteiger partial charge in [-0.1, -0.05) is 35.5 Å². The van der Waals surface area contributed by atoms with Gasteiger partial charge in [0.25, 0.3) is 0 Å². The molecule has 1 aromatic carbocycles. The van der Waals surface area contributed by atoms with Crippen molar-refractivity contribution in [1.82, 2.24) is 30.2 Å². The number of halogens is 1. The number of aromatic nitrogens is 6. The van der Waals surface area contributed by atoms with Gasteiger partial charge in [-0.15, -0.1) is 5.10 Å². The zero-order valence-electron chi connectivity index (χ0n) is 13.9. The summed E-state index contributed by atoms with van der Waals surface area (Å²) in [4.78, 5) is 10.2. The van der Waals surface area contributed by atoms with Gasteiger partial charge in [-0.2, -0.15) is 4.68 Å². The van der Waals surface area contributed by atoms with Crippen molar-refractivity contribution >= 4 is 29.2 Å². The van der Waals surface area contributed by atoms with Crippen LogP contribution in [0.1, 0.15) is 5.56 Å². The zero-order chi connectivity index (χ0) is 17.8. The number of thioether (sulfide) groups is 1. The Kier molecular flexibility index (Phi) is 5.34. The van der Waals surface area contributed by atoms with Gasteiger partial charge in [0.2, 0.25) is 5.16 Å². The van der Waals surface area contributed by atoms with E-state index < -0.39 is 0 Å². The molecule has 3 rings (SSSR count). The first-order valence-corrected chi connectivity index (χ1v) is 8.69. The highest BCUT2D eigenvalue weighted by molar-refractivity contribution is 7.98. The number of anilines is 1. The van der Waals surface area contributed by atoms with E-state index >= 15 is 0 Å². The Morgan fingerprint density at radius 2 is 2.04 bits per heavy atom. The Morgan fingerprint density at radius 1 is 1.24 bits per heavy atom. The minimum absolute atomic E-state index is 0.419. The minimum atomic E-state index is 0.419. The molecule has 0 aliphatic heterocycles. The lowest BCUT2D eigenvalue weighted by Gasteiger charge is -2.16. The van der Waals surface area contributed by atoms with Crippen molar-refractivity contribution in [3.05, 3.63) is 41.3 Å². The molecular weight excluding hydrogens is 362 g/mol. The van der Waals surface area contributed by atoms with Gasteiger partial charge >= 0.3 is 0 Å². The molecule has 0 amide bonds. The number of hydrogen-bond donors (Lipinski definition) is 0. The van der Waals surface area contributed by atoms with E-state index in [1.807, 2.05) is 43.3 Å². The molecule has 0 N–H and O–H groups in total. The molecule has 8 nitrogen and oxygen atoms in total. The molecule has 0 unspecified atom stereocenters. The quantitative estimate of drug-likeness (QED) is 0.478. The normalized spacial score (nSPS) is 10.7. The van der Waals surface area contributed by atoms with Crippen LogP contribution < -0.4 is 9.64 Å². The molecule has 10 heteroatoms. The molecule has 130 valence electrons. The molecule has 3 aromatic rings. The van der Waals surface area contributed by atoms with Crippen molar-refractivity contribution in [2.45, 2.75) is 10.9 Å². The second-order valence-corrected chi connectivity index (χ2v) is 6.50. The Bertz CT molecular complexity index is 871. The molecular formula is C15H16ClN7OS. The van der Waals surface area contributed by atoms with Gasteiger partial charge in [-0.25, -0.2) is 9.97 Å². The Labute approximate surface area is 154 Å². The number of para-hydroxylation sites is 2. The van der Waals surface area contributed by atoms with Crippen molar-refractivity contribution in [3.63, 3.8) is 0 Å².